The number of nitrogens with one attached hydrogen (secondary N) is 2. The minimum absolute atomic E-state index is 0.121. The van der Waals surface area contributed by atoms with E-state index < -0.39 is 10.0 Å². The second kappa shape index (κ2) is 7.31. The van der Waals surface area contributed by atoms with Gasteiger partial charge < -0.3 is 5.32 Å². The number of nitrogens with zero attached hydrogens (tertiary/aromatic N) is 1. The first kappa shape index (κ1) is 17.5. The van der Waals surface area contributed by atoms with Crippen molar-refractivity contribution in [3.8, 4) is 0 Å². The van der Waals surface area contributed by atoms with Crippen LogP contribution in [0.2, 0.25) is 10.0 Å². The van der Waals surface area contributed by atoms with E-state index in [1.807, 2.05) is 18.2 Å². The standard InChI is InChI=1S/C17H13Cl2N3O2S/c18-12-5-8-14(9-6-12)25(23,24)22-13-7-10-17(20-11-13)21-16-4-2-1-3-15(16)19/h1-11,22H,(H,20,21). The third-order valence-electron chi connectivity index (χ3n) is 3.28. The topological polar surface area (TPSA) is 71.1 Å². The highest BCUT2D eigenvalue weighted by Crippen LogP contribution is 2.24. The van der Waals surface area contributed by atoms with Gasteiger partial charge in [-0.3, -0.25) is 4.72 Å². The number of pyridine rings is 1. The van der Waals surface area contributed by atoms with Crippen molar-refractivity contribution < 1.29 is 8.42 Å². The molecule has 0 aliphatic carbocycles. The molecule has 3 rings (SSSR count). The van der Waals surface area contributed by atoms with E-state index in [-0.39, 0.29) is 4.90 Å². The highest BCUT2D eigenvalue weighted by Gasteiger charge is 2.14. The van der Waals surface area contributed by atoms with Crippen LogP contribution >= 0.6 is 23.2 Å². The van der Waals surface area contributed by atoms with Gasteiger partial charge in [0.05, 0.1) is 27.5 Å². The number of benzene rings is 2. The lowest BCUT2D eigenvalue weighted by Gasteiger charge is -2.10. The number of rotatable bonds is 5. The molecular formula is C17H13Cl2N3O2S. The second-order valence-electron chi connectivity index (χ2n) is 5.10. The monoisotopic (exact) mass is 393 g/mol. The normalized spacial score (nSPS) is 11.1. The summed E-state index contributed by atoms with van der Waals surface area (Å²) in [6.45, 7) is 0. The zero-order chi connectivity index (χ0) is 17.9. The van der Waals surface area contributed by atoms with Crippen molar-refractivity contribution in [3.63, 3.8) is 0 Å². The van der Waals surface area contributed by atoms with Gasteiger partial charge in [0.25, 0.3) is 10.0 Å². The molecule has 1 heterocycles. The van der Waals surface area contributed by atoms with Crippen LogP contribution in [0.1, 0.15) is 0 Å². The van der Waals surface area contributed by atoms with Gasteiger partial charge in [-0.15, -0.1) is 0 Å². The zero-order valence-electron chi connectivity index (χ0n) is 12.8. The Kier molecular flexibility index (Phi) is 5.13. The van der Waals surface area contributed by atoms with E-state index in [0.717, 1.165) is 0 Å². The number of aromatic nitrogens is 1. The van der Waals surface area contributed by atoms with Crippen LogP contribution < -0.4 is 10.0 Å². The predicted molar refractivity (Wildman–Crippen MR) is 101 cm³/mol. The Balaban J connectivity index is 1.74. The summed E-state index contributed by atoms with van der Waals surface area (Å²) >= 11 is 11.9. The van der Waals surface area contributed by atoms with Gasteiger partial charge in [-0.1, -0.05) is 35.3 Å². The maximum atomic E-state index is 12.3. The van der Waals surface area contributed by atoms with Crippen molar-refractivity contribution in [1.29, 1.82) is 0 Å². The van der Waals surface area contributed by atoms with Gasteiger partial charge in [0.1, 0.15) is 5.82 Å². The molecule has 8 heteroatoms. The molecule has 5 nitrogen and oxygen atoms in total. The first-order valence-electron chi connectivity index (χ1n) is 7.20. The molecule has 0 fully saturated rings. The SMILES string of the molecule is O=S(=O)(Nc1ccc(Nc2ccccc2Cl)nc1)c1ccc(Cl)cc1. The molecule has 0 unspecified atom stereocenters. The van der Waals surface area contributed by atoms with Gasteiger partial charge in [-0.2, -0.15) is 0 Å². The molecule has 0 saturated heterocycles. The summed E-state index contributed by atoms with van der Waals surface area (Å²) in [5.74, 6) is 0.544. The number of para-hydroxylation sites is 1. The molecule has 25 heavy (non-hydrogen) atoms. The third-order valence-corrected chi connectivity index (χ3v) is 5.25. The molecular weight excluding hydrogens is 381 g/mol. The van der Waals surface area contributed by atoms with Crippen molar-refractivity contribution in [3.05, 3.63) is 76.9 Å². The largest absolute Gasteiger partial charge is 0.339 e. The fraction of sp³-hybridized carbons (Fsp3) is 0. The van der Waals surface area contributed by atoms with Crippen molar-refractivity contribution in [2.24, 2.45) is 0 Å². The Morgan fingerprint density at radius 3 is 2.24 bits per heavy atom. The van der Waals surface area contributed by atoms with Crippen LogP contribution in [0, 0.1) is 0 Å². The number of hydrogen-bond acceptors (Lipinski definition) is 4. The molecule has 0 radical (unpaired) electrons. The van der Waals surface area contributed by atoms with Crippen molar-refractivity contribution in [1.82, 2.24) is 4.98 Å². The fourth-order valence-electron chi connectivity index (χ4n) is 2.06. The Labute approximate surface area is 155 Å². The van der Waals surface area contributed by atoms with Gasteiger partial charge in [0.2, 0.25) is 0 Å². The minimum Gasteiger partial charge on any atom is -0.339 e. The van der Waals surface area contributed by atoms with E-state index in [1.165, 1.54) is 30.5 Å². The van der Waals surface area contributed by atoms with Crippen LogP contribution in [0.3, 0.4) is 0 Å². The summed E-state index contributed by atoms with van der Waals surface area (Å²) in [6, 6.07) is 16.4. The maximum absolute atomic E-state index is 12.3. The summed E-state index contributed by atoms with van der Waals surface area (Å²) < 4.78 is 27.1. The average Bonchev–Trinajstić information content (AvgIpc) is 2.59. The molecule has 0 amide bonds. The summed E-state index contributed by atoms with van der Waals surface area (Å²) in [5.41, 5.74) is 1.06. The molecule has 0 aliphatic heterocycles. The van der Waals surface area contributed by atoms with Gasteiger partial charge in [-0.25, -0.2) is 13.4 Å². The summed E-state index contributed by atoms with van der Waals surface area (Å²) in [4.78, 5) is 4.31. The van der Waals surface area contributed by atoms with E-state index in [1.54, 1.807) is 18.2 Å². The van der Waals surface area contributed by atoms with E-state index in [2.05, 4.69) is 15.0 Å². The van der Waals surface area contributed by atoms with Gasteiger partial charge in [-0.05, 0) is 48.5 Å². The molecule has 0 atom stereocenters. The minimum atomic E-state index is -3.70. The van der Waals surface area contributed by atoms with E-state index in [9.17, 15) is 8.42 Å². The van der Waals surface area contributed by atoms with Crippen LogP contribution in [-0.4, -0.2) is 13.4 Å². The molecule has 1 aromatic heterocycles. The summed E-state index contributed by atoms with van der Waals surface area (Å²) in [5, 5.41) is 4.10. The lowest BCUT2D eigenvalue weighted by Crippen LogP contribution is -2.13. The average molecular weight is 394 g/mol. The smallest absolute Gasteiger partial charge is 0.261 e. The molecule has 0 saturated carbocycles. The molecule has 128 valence electrons. The molecule has 0 bridgehead atoms. The maximum Gasteiger partial charge on any atom is 0.261 e. The van der Waals surface area contributed by atoms with Crippen molar-refractivity contribution in [2.45, 2.75) is 4.90 Å². The number of sulfonamides is 1. The molecule has 2 N–H and O–H groups in total. The van der Waals surface area contributed by atoms with Crippen LogP contribution in [0.4, 0.5) is 17.2 Å². The molecule has 0 spiro atoms. The highest BCUT2D eigenvalue weighted by molar-refractivity contribution is 7.92. The fourth-order valence-corrected chi connectivity index (χ4v) is 3.41. The van der Waals surface area contributed by atoms with Crippen LogP contribution in [0.5, 0.6) is 0 Å². The third kappa shape index (κ3) is 4.42. The van der Waals surface area contributed by atoms with E-state index >= 15 is 0 Å². The predicted octanol–water partition coefficient (Wildman–Crippen LogP) is 4.93. The molecule has 3 aromatic rings. The lowest BCUT2D eigenvalue weighted by atomic mass is 10.3. The van der Waals surface area contributed by atoms with Crippen LogP contribution in [0.15, 0.2) is 71.8 Å². The van der Waals surface area contributed by atoms with E-state index in [0.29, 0.717) is 27.2 Å². The first-order valence-corrected chi connectivity index (χ1v) is 9.44. The summed E-state index contributed by atoms with van der Waals surface area (Å²) in [6.07, 6.45) is 1.42. The van der Waals surface area contributed by atoms with Crippen molar-refractivity contribution >= 4 is 50.4 Å². The van der Waals surface area contributed by atoms with Gasteiger partial charge >= 0.3 is 0 Å². The molecule has 2 aromatic carbocycles. The van der Waals surface area contributed by atoms with Gasteiger partial charge in [0.15, 0.2) is 0 Å². The number of anilines is 3. The Morgan fingerprint density at radius 1 is 0.880 bits per heavy atom. The van der Waals surface area contributed by atoms with Gasteiger partial charge in [0, 0.05) is 5.02 Å². The summed E-state index contributed by atoms with van der Waals surface area (Å²) in [7, 11) is -3.70. The number of halogens is 2. The second-order valence-corrected chi connectivity index (χ2v) is 7.62. The van der Waals surface area contributed by atoms with Crippen LogP contribution in [0.25, 0.3) is 0 Å². The Hall–Kier alpha value is -2.28. The number of hydrogen-bond donors (Lipinski definition) is 2. The quantitative estimate of drug-likeness (QED) is 0.644. The van der Waals surface area contributed by atoms with Crippen LogP contribution in [-0.2, 0) is 10.0 Å². The Bertz CT molecular complexity index is 976. The Morgan fingerprint density at radius 2 is 1.60 bits per heavy atom. The highest BCUT2D eigenvalue weighted by atomic mass is 35.5. The van der Waals surface area contributed by atoms with Crippen molar-refractivity contribution in [2.75, 3.05) is 10.0 Å². The zero-order valence-corrected chi connectivity index (χ0v) is 15.1. The molecule has 0 aliphatic rings. The van der Waals surface area contributed by atoms with E-state index in [4.69, 9.17) is 23.2 Å². The first-order chi connectivity index (χ1) is 11.9. The lowest BCUT2D eigenvalue weighted by molar-refractivity contribution is 0.601.